The first-order valence-corrected chi connectivity index (χ1v) is 12.0. The number of hydrogen-bond acceptors (Lipinski definition) is 4. The number of hydrogen-bond donors (Lipinski definition) is 1. The molecule has 0 aliphatic carbocycles. The van der Waals surface area contributed by atoms with Crippen LogP contribution in [0.15, 0.2) is 48.5 Å². The summed E-state index contributed by atoms with van der Waals surface area (Å²) in [6.07, 6.45) is -1.81. The van der Waals surface area contributed by atoms with E-state index in [1.54, 1.807) is 4.90 Å². The number of fused-ring (bicyclic) bond motifs is 2. The summed E-state index contributed by atoms with van der Waals surface area (Å²) in [5.41, 5.74) is 3.52. The van der Waals surface area contributed by atoms with Gasteiger partial charge >= 0.3 is 12.1 Å². The molecule has 4 rings (SSSR count). The summed E-state index contributed by atoms with van der Waals surface area (Å²) in [7, 11) is 1.88. The Morgan fingerprint density at radius 3 is 2.25 bits per heavy atom. The second-order valence-electron chi connectivity index (χ2n) is 9.66. The smallest absolute Gasteiger partial charge is 0.490 e. The highest BCUT2D eigenvalue weighted by Crippen LogP contribution is 2.46. The molecule has 1 spiro atoms. The lowest BCUT2D eigenvalue weighted by atomic mass is 9.69. The number of nitrogens with zero attached hydrogens (tertiary/aromatic N) is 2. The number of carbonyl (C=O) groups excluding carboxylic acids is 1. The molecule has 1 fully saturated rings. The lowest BCUT2D eigenvalue weighted by molar-refractivity contribution is -0.192. The van der Waals surface area contributed by atoms with Crippen LogP contribution in [0.3, 0.4) is 0 Å². The summed E-state index contributed by atoms with van der Waals surface area (Å²) in [5.74, 6) is -1.70. The summed E-state index contributed by atoms with van der Waals surface area (Å²) in [4.78, 5) is 26.1. The van der Waals surface area contributed by atoms with E-state index < -0.39 is 12.1 Å². The summed E-state index contributed by atoms with van der Waals surface area (Å²) < 4.78 is 37.7. The highest BCUT2D eigenvalue weighted by Gasteiger charge is 2.41. The minimum atomic E-state index is -5.08. The van der Waals surface area contributed by atoms with Crippen LogP contribution >= 0.6 is 0 Å². The summed E-state index contributed by atoms with van der Waals surface area (Å²) in [5, 5.41) is 7.12. The van der Waals surface area contributed by atoms with Gasteiger partial charge in [0, 0.05) is 36.2 Å². The maximum atomic E-state index is 12.9. The largest absolute Gasteiger partial charge is 0.493 e. The number of carbonyl (C=O) groups is 2. The molecule has 0 unspecified atom stereocenters. The van der Waals surface area contributed by atoms with Crippen molar-refractivity contribution < 1.29 is 32.6 Å². The van der Waals surface area contributed by atoms with Gasteiger partial charge in [0.1, 0.15) is 5.75 Å². The summed E-state index contributed by atoms with van der Waals surface area (Å²) in [6.45, 7) is 8.03. The second kappa shape index (κ2) is 11.3. The predicted molar refractivity (Wildman–Crippen MR) is 130 cm³/mol. The third-order valence-electron chi connectivity index (χ3n) is 7.04. The first kappa shape index (κ1) is 27.5. The minimum absolute atomic E-state index is 0.0880. The molecule has 0 saturated carbocycles. The maximum Gasteiger partial charge on any atom is 0.490 e. The average Bonchev–Trinajstić information content (AvgIpc) is 2.85. The number of likely N-dealkylation sites (tertiary alicyclic amines) is 1. The molecule has 1 amide bonds. The van der Waals surface area contributed by atoms with Crippen LogP contribution < -0.4 is 4.74 Å². The molecule has 0 bridgehead atoms. The molecule has 9 heteroatoms. The molecule has 2 aliphatic rings. The lowest BCUT2D eigenvalue weighted by Crippen LogP contribution is -2.45. The number of halogens is 3. The molecule has 2 heterocycles. The van der Waals surface area contributed by atoms with Crippen LogP contribution in [0.4, 0.5) is 13.2 Å². The van der Waals surface area contributed by atoms with Crippen molar-refractivity contribution in [1.82, 2.24) is 9.80 Å². The van der Waals surface area contributed by atoms with E-state index >= 15 is 0 Å². The molecule has 1 N–H and O–H groups in total. The Bertz CT molecular complexity index is 1050. The van der Waals surface area contributed by atoms with E-state index in [0.29, 0.717) is 0 Å². The Labute approximate surface area is 209 Å². The van der Waals surface area contributed by atoms with Crippen LogP contribution in [-0.4, -0.2) is 65.7 Å². The van der Waals surface area contributed by atoms with Crippen LogP contribution in [0.1, 0.15) is 54.6 Å². The van der Waals surface area contributed by atoms with Gasteiger partial charge in [-0.2, -0.15) is 13.2 Å². The van der Waals surface area contributed by atoms with Crippen LogP contribution in [0.2, 0.25) is 0 Å². The molecule has 0 radical (unpaired) electrons. The van der Waals surface area contributed by atoms with Crippen molar-refractivity contribution in [2.75, 3.05) is 26.7 Å². The highest BCUT2D eigenvalue weighted by molar-refractivity contribution is 5.94. The quantitative estimate of drug-likeness (QED) is 0.624. The first-order chi connectivity index (χ1) is 16.9. The van der Waals surface area contributed by atoms with Gasteiger partial charge in [0.2, 0.25) is 0 Å². The van der Waals surface area contributed by atoms with Gasteiger partial charge in [0.15, 0.2) is 0 Å². The number of rotatable bonds is 4. The molecule has 1 saturated heterocycles. The van der Waals surface area contributed by atoms with Crippen molar-refractivity contribution in [3.63, 3.8) is 0 Å². The van der Waals surface area contributed by atoms with Gasteiger partial charge in [-0.25, -0.2) is 4.79 Å². The lowest BCUT2D eigenvalue weighted by Gasteiger charge is -2.45. The maximum absolute atomic E-state index is 12.9. The average molecular weight is 507 g/mol. The predicted octanol–water partition coefficient (Wildman–Crippen LogP) is 5.12. The summed E-state index contributed by atoms with van der Waals surface area (Å²) in [6, 6.07) is 16.9. The van der Waals surface area contributed by atoms with E-state index in [0.717, 1.165) is 56.8 Å². The van der Waals surface area contributed by atoms with E-state index in [-0.39, 0.29) is 17.4 Å². The van der Waals surface area contributed by atoms with Gasteiger partial charge in [-0.05, 0) is 70.0 Å². The standard InChI is InChI=1S/C25H32N2O2.C2HF3O2/c1-19(2)26(3)24(28)21-9-10-23-22(17-21)25(13-16-29-23)11-14-27(15-12-25)18-20-7-5-4-6-8-20;3-2(4,5)1(6)7/h4-10,17,19H,11-16,18H2,1-3H3;(H,6,7). The molecular formula is C27H33F3N2O4. The number of benzene rings is 2. The van der Waals surface area contributed by atoms with Crippen molar-refractivity contribution in [3.05, 3.63) is 65.2 Å². The zero-order chi connectivity index (χ0) is 26.5. The second-order valence-corrected chi connectivity index (χ2v) is 9.66. The Balaban J connectivity index is 0.000000454. The SMILES string of the molecule is CC(C)N(C)C(=O)c1ccc2c(c1)C1(CCO2)CCN(Cc2ccccc2)CC1.O=C(O)C(F)(F)F. The fourth-order valence-electron chi connectivity index (χ4n) is 4.63. The number of alkyl halides is 3. The monoisotopic (exact) mass is 506 g/mol. The van der Waals surface area contributed by atoms with E-state index in [4.69, 9.17) is 14.6 Å². The number of amides is 1. The van der Waals surface area contributed by atoms with Gasteiger partial charge in [-0.15, -0.1) is 0 Å². The van der Waals surface area contributed by atoms with E-state index in [2.05, 4.69) is 41.3 Å². The van der Waals surface area contributed by atoms with Gasteiger partial charge < -0.3 is 14.7 Å². The molecule has 2 aromatic carbocycles. The Kier molecular flexibility index (Phi) is 8.66. The number of aliphatic carboxylic acids is 1. The number of piperidine rings is 1. The molecular weight excluding hydrogens is 473 g/mol. The van der Waals surface area contributed by atoms with Gasteiger partial charge in [-0.1, -0.05) is 30.3 Å². The molecule has 6 nitrogen and oxygen atoms in total. The van der Waals surface area contributed by atoms with Gasteiger partial charge in [0.05, 0.1) is 6.61 Å². The molecule has 196 valence electrons. The van der Waals surface area contributed by atoms with Gasteiger partial charge in [-0.3, -0.25) is 9.69 Å². The number of carboxylic acid groups (broad SMARTS) is 1. The fourth-order valence-corrected chi connectivity index (χ4v) is 4.63. The van der Waals surface area contributed by atoms with Crippen molar-refractivity contribution in [2.24, 2.45) is 0 Å². The molecule has 0 aromatic heterocycles. The van der Waals surface area contributed by atoms with E-state index in [9.17, 15) is 18.0 Å². The van der Waals surface area contributed by atoms with Crippen LogP contribution in [0, 0.1) is 0 Å². The summed E-state index contributed by atoms with van der Waals surface area (Å²) >= 11 is 0. The third kappa shape index (κ3) is 6.57. The van der Waals surface area contributed by atoms with E-state index in [1.807, 2.05) is 33.0 Å². The van der Waals surface area contributed by atoms with E-state index in [1.165, 1.54) is 11.1 Å². The zero-order valence-electron chi connectivity index (χ0n) is 20.8. The molecule has 2 aromatic rings. The van der Waals surface area contributed by atoms with Crippen LogP contribution in [0.25, 0.3) is 0 Å². The number of ether oxygens (including phenoxy) is 1. The van der Waals surface area contributed by atoms with Crippen molar-refractivity contribution >= 4 is 11.9 Å². The van der Waals surface area contributed by atoms with Crippen LogP contribution in [0.5, 0.6) is 5.75 Å². The topological polar surface area (TPSA) is 70.1 Å². The van der Waals surface area contributed by atoms with Crippen molar-refractivity contribution in [1.29, 1.82) is 0 Å². The van der Waals surface area contributed by atoms with Crippen LogP contribution in [-0.2, 0) is 16.8 Å². The highest BCUT2D eigenvalue weighted by atomic mass is 19.4. The Hall–Kier alpha value is -3.07. The van der Waals surface area contributed by atoms with Crippen molar-refractivity contribution in [3.8, 4) is 5.75 Å². The minimum Gasteiger partial charge on any atom is -0.493 e. The Morgan fingerprint density at radius 1 is 1.08 bits per heavy atom. The first-order valence-electron chi connectivity index (χ1n) is 12.0. The third-order valence-corrected chi connectivity index (χ3v) is 7.04. The molecule has 36 heavy (non-hydrogen) atoms. The number of carboxylic acids is 1. The fraction of sp³-hybridized carbons (Fsp3) is 0.481. The Morgan fingerprint density at radius 2 is 1.69 bits per heavy atom. The molecule has 0 atom stereocenters. The normalized spacial score (nSPS) is 17.0. The van der Waals surface area contributed by atoms with Gasteiger partial charge in [0.25, 0.3) is 5.91 Å². The van der Waals surface area contributed by atoms with Crippen molar-refractivity contribution in [2.45, 2.75) is 57.3 Å². The zero-order valence-corrected chi connectivity index (χ0v) is 20.8. The molecule has 2 aliphatic heterocycles.